The number of nitro groups is 1. The number of halogens is 1. The third-order valence-electron chi connectivity index (χ3n) is 4.29. The molecule has 2 fully saturated rings. The van der Waals surface area contributed by atoms with Gasteiger partial charge in [0.2, 0.25) is 5.91 Å². The fraction of sp³-hybridized carbons (Fsp3) is 0.533. The first-order valence-electron chi connectivity index (χ1n) is 7.47. The highest BCUT2D eigenvalue weighted by Crippen LogP contribution is 2.35. The van der Waals surface area contributed by atoms with Gasteiger partial charge in [-0.25, -0.2) is 0 Å². The van der Waals surface area contributed by atoms with Crippen molar-refractivity contribution < 1.29 is 14.5 Å². The summed E-state index contributed by atoms with van der Waals surface area (Å²) in [5.74, 6) is 0.675. The molecule has 1 saturated heterocycles. The fourth-order valence-electron chi connectivity index (χ4n) is 2.68. The molecule has 7 nitrogen and oxygen atoms in total. The normalized spacial score (nSPS) is 19.6. The first-order chi connectivity index (χ1) is 10.5. The van der Waals surface area contributed by atoms with Gasteiger partial charge in [-0.2, -0.15) is 0 Å². The topological polar surface area (TPSA) is 98.7 Å². The van der Waals surface area contributed by atoms with Crippen molar-refractivity contribution in [2.45, 2.75) is 37.3 Å². The summed E-state index contributed by atoms with van der Waals surface area (Å²) in [6, 6.07) is 6.07. The van der Waals surface area contributed by atoms with Gasteiger partial charge in [0.05, 0.1) is 10.5 Å². The third kappa shape index (κ3) is 3.92. The largest absolute Gasteiger partial charge is 0.490 e. The van der Waals surface area contributed by atoms with Crippen LogP contribution in [0.4, 0.5) is 5.69 Å². The molecule has 1 aliphatic carbocycles. The molecule has 126 valence electrons. The van der Waals surface area contributed by atoms with Crippen molar-refractivity contribution in [1.82, 2.24) is 4.90 Å². The highest BCUT2D eigenvalue weighted by atomic mass is 35.5. The number of rotatable bonds is 4. The summed E-state index contributed by atoms with van der Waals surface area (Å²) in [7, 11) is 0. The molecule has 0 spiro atoms. The van der Waals surface area contributed by atoms with E-state index in [1.807, 2.05) is 4.90 Å². The zero-order valence-electron chi connectivity index (χ0n) is 12.6. The van der Waals surface area contributed by atoms with Gasteiger partial charge in [-0.1, -0.05) is 0 Å². The molecule has 8 heteroatoms. The first kappa shape index (κ1) is 17.5. The number of nitrogens with two attached hydrogens (primary N) is 1. The van der Waals surface area contributed by atoms with Crippen LogP contribution in [0.15, 0.2) is 24.3 Å². The molecule has 1 heterocycles. The zero-order chi connectivity index (χ0) is 15.7. The van der Waals surface area contributed by atoms with Gasteiger partial charge in [-0.15, -0.1) is 12.4 Å². The van der Waals surface area contributed by atoms with Gasteiger partial charge in [0.1, 0.15) is 11.9 Å². The molecular weight excluding hydrogens is 322 g/mol. The maximum atomic E-state index is 12.1. The molecular formula is C15H20ClN3O4. The SMILES string of the molecule is Cl.NC1(C(=O)N2CCC(Oc3ccc([N+](=O)[O-])cc3)CC2)CC1. The number of amides is 1. The second-order valence-electron chi connectivity index (χ2n) is 6.02. The average Bonchev–Trinajstić information content (AvgIpc) is 3.27. The van der Waals surface area contributed by atoms with Gasteiger partial charge in [0.25, 0.3) is 5.69 Å². The Bertz CT molecular complexity index is 581. The molecule has 0 aromatic heterocycles. The maximum Gasteiger partial charge on any atom is 0.269 e. The van der Waals surface area contributed by atoms with Crippen LogP contribution in [0.2, 0.25) is 0 Å². The predicted molar refractivity (Wildman–Crippen MR) is 86.7 cm³/mol. The van der Waals surface area contributed by atoms with E-state index in [1.54, 1.807) is 12.1 Å². The molecule has 3 rings (SSSR count). The highest BCUT2D eigenvalue weighted by molar-refractivity contribution is 5.89. The summed E-state index contributed by atoms with van der Waals surface area (Å²) in [6.07, 6.45) is 3.09. The number of hydrogen-bond donors (Lipinski definition) is 1. The summed E-state index contributed by atoms with van der Waals surface area (Å²) in [5, 5.41) is 10.6. The Hall–Kier alpha value is -1.86. The van der Waals surface area contributed by atoms with Gasteiger partial charge in [0.15, 0.2) is 0 Å². The predicted octanol–water partition coefficient (Wildman–Crippen LogP) is 1.88. The molecule has 0 atom stereocenters. The van der Waals surface area contributed by atoms with E-state index < -0.39 is 10.5 Å². The Kier molecular flexibility index (Phi) is 5.11. The quantitative estimate of drug-likeness (QED) is 0.666. The van der Waals surface area contributed by atoms with E-state index in [1.165, 1.54) is 12.1 Å². The molecule has 1 saturated carbocycles. The Labute approximate surface area is 140 Å². The summed E-state index contributed by atoms with van der Waals surface area (Å²) in [4.78, 5) is 24.1. The average molecular weight is 342 g/mol. The standard InChI is InChI=1S/C15H19N3O4.ClH/c16-15(7-8-15)14(19)17-9-5-13(6-10-17)22-12-3-1-11(2-4-12)18(20)21;/h1-4,13H,5-10,16H2;1H. The van der Waals surface area contributed by atoms with Crippen LogP contribution < -0.4 is 10.5 Å². The van der Waals surface area contributed by atoms with Crippen LogP contribution in [-0.4, -0.2) is 40.5 Å². The number of likely N-dealkylation sites (tertiary alicyclic amines) is 1. The summed E-state index contributed by atoms with van der Waals surface area (Å²) >= 11 is 0. The van der Waals surface area contributed by atoms with E-state index >= 15 is 0 Å². The number of ether oxygens (including phenoxy) is 1. The molecule has 1 aromatic rings. The first-order valence-corrected chi connectivity index (χ1v) is 7.47. The van der Waals surface area contributed by atoms with Crippen LogP contribution in [0.5, 0.6) is 5.75 Å². The molecule has 0 unspecified atom stereocenters. The number of nitrogens with zero attached hydrogens (tertiary/aromatic N) is 2. The summed E-state index contributed by atoms with van der Waals surface area (Å²) in [5.41, 5.74) is 5.38. The van der Waals surface area contributed by atoms with Crippen molar-refractivity contribution in [2.24, 2.45) is 5.73 Å². The number of benzene rings is 1. The summed E-state index contributed by atoms with van der Waals surface area (Å²) < 4.78 is 5.83. The maximum absolute atomic E-state index is 12.1. The van der Waals surface area contributed by atoms with Gasteiger partial charge in [-0.3, -0.25) is 14.9 Å². The minimum Gasteiger partial charge on any atom is -0.490 e. The Morgan fingerprint density at radius 1 is 1.26 bits per heavy atom. The van der Waals surface area contributed by atoms with Crippen LogP contribution in [0.3, 0.4) is 0 Å². The van der Waals surface area contributed by atoms with Gasteiger partial charge in [0, 0.05) is 38.1 Å². The van der Waals surface area contributed by atoms with E-state index in [4.69, 9.17) is 10.5 Å². The van der Waals surface area contributed by atoms with Crippen molar-refractivity contribution >= 4 is 24.0 Å². The van der Waals surface area contributed by atoms with Crippen LogP contribution in [0.25, 0.3) is 0 Å². The van der Waals surface area contributed by atoms with Crippen molar-refractivity contribution in [3.63, 3.8) is 0 Å². The second-order valence-corrected chi connectivity index (χ2v) is 6.02. The molecule has 2 N–H and O–H groups in total. The third-order valence-corrected chi connectivity index (χ3v) is 4.29. The highest BCUT2D eigenvalue weighted by Gasteiger charge is 2.48. The Balaban J connectivity index is 0.00000192. The van der Waals surface area contributed by atoms with E-state index in [-0.39, 0.29) is 30.1 Å². The van der Waals surface area contributed by atoms with Crippen LogP contribution in [0.1, 0.15) is 25.7 Å². The number of nitro benzene ring substituents is 1. The minimum absolute atomic E-state index is 0. The monoisotopic (exact) mass is 341 g/mol. The van der Waals surface area contributed by atoms with E-state index in [0.29, 0.717) is 18.8 Å². The lowest BCUT2D eigenvalue weighted by Gasteiger charge is -2.33. The van der Waals surface area contributed by atoms with Crippen LogP contribution >= 0.6 is 12.4 Å². The van der Waals surface area contributed by atoms with Crippen LogP contribution in [-0.2, 0) is 4.79 Å². The van der Waals surface area contributed by atoms with E-state index in [2.05, 4.69) is 0 Å². The van der Waals surface area contributed by atoms with Crippen molar-refractivity contribution in [2.75, 3.05) is 13.1 Å². The number of carbonyl (C=O) groups is 1. The Morgan fingerprint density at radius 2 is 1.83 bits per heavy atom. The van der Waals surface area contributed by atoms with Gasteiger partial charge < -0.3 is 15.4 Å². The second kappa shape index (κ2) is 6.72. The summed E-state index contributed by atoms with van der Waals surface area (Å²) in [6.45, 7) is 1.30. The molecule has 0 radical (unpaired) electrons. The van der Waals surface area contributed by atoms with Gasteiger partial charge in [-0.05, 0) is 25.0 Å². The number of non-ortho nitro benzene ring substituents is 1. The lowest BCUT2D eigenvalue weighted by molar-refractivity contribution is -0.384. The molecule has 1 aliphatic heterocycles. The Morgan fingerprint density at radius 3 is 2.30 bits per heavy atom. The number of carbonyl (C=O) groups excluding carboxylic acids is 1. The number of piperidine rings is 1. The molecule has 1 amide bonds. The van der Waals surface area contributed by atoms with Crippen molar-refractivity contribution in [1.29, 1.82) is 0 Å². The minimum atomic E-state index is -0.605. The van der Waals surface area contributed by atoms with Crippen molar-refractivity contribution in [3.8, 4) is 5.75 Å². The molecule has 1 aromatic carbocycles. The fourth-order valence-corrected chi connectivity index (χ4v) is 2.68. The van der Waals surface area contributed by atoms with Gasteiger partial charge >= 0.3 is 0 Å². The smallest absolute Gasteiger partial charge is 0.269 e. The molecule has 23 heavy (non-hydrogen) atoms. The molecule has 0 bridgehead atoms. The van der Waals surface area contributed by atoms with E-state index in [0.717, 1.165) is 25.7 Å². The number of hydrogen-bond acceptors (Lipinski definition) is 5. The zero-order valence-corrected chi connectivity index (χ0v) is 13.5. The van der Waals surface area contributed by atoms with Crippen molar-refractivity contribution in [3.05, 3.63) is 34.4 Å². The lowest BCUT2D eigenvalue weighted by Crippen LogP contribution is -2.50. The van der Waals surface area contributed by atoms with Crippen LogP contribution in [0, 0.1) is 10.1 Å². The van der Waals surface area contributed by atoms with E-state index in [9.17, 15) is 14.9 Å². The molecule has 2 aliphatic rings. The lowest BCUT2D eigenvalue weighted by atomic mass is 10.1.